The molecule has 1 N–H and O–H groups in total. The third kappa shape index (κ3) is 10.5. The maximum absolute atomic E-state index is 12.1. The van der Waals surface area contributed by atoms with Crippen LogP contribution in [0.5, 0.6) is 0 Å². The van der Waals surface area contributed by atoms with Crippen molar-refractivity contribution in [1.82, 2.24) is 0 Å². The van der Waals surface area contributed by atoms with E-state index in [9.17, 15) is 14.7 Å². The molecule has 0 amide bonds. The van der Waals surface area contributed by atoms with Crippen LogP contribution in [0.15, 0.2) is 69.9 Å². The zero-order chi connectivity index (χ0) is 22.7. The molecular formula is C27H38O3. The molecule has 3 nitrogen and oxygen atoms in total. The fraction of sp³-hybridized carbons (Fsp3) is 0.481. The molecule has 1 aliphatic carbocycles. The standard InChI is InChI=1S/C27H38O3/c1-19(2)9-7-11-21(4)15-25(28)16-22(5)12-8-10-20(3)13-14-24-18-26(29)17-23(6)27(24)30/h9,12-13,15,17-18,25,28H,7-8,10-11,14,16H2,1-6H3/b20-13+,21-15+,22-12+/t25-/m0/s1. The molecule has 1 atom stereocenters. The maximum atomic E-state index is 12.1. The van der Waals surface area contributed by atoms with Gasteiger partial charge in [-0.3, -0.25) is 9.59 Å². The minimum atomic E-state index is -0.442. The Balaban J connectivity index is 2.45. The van der Waals surface area contributed by atoms with Crippen LogP contribution in [0.1, 0.15) is 80.1 Å². The van der Waals surface area contributed by atoms with E-state index < -0.39 is 6.10 Å². The van der Waals surface area contributed by atoms with E-state index in [1.807, 2.05) is 12.2 Å². The summed E-state index contributed by atoms with van der Waals surface area (Å²) in [5.74, 6) is -0.140. The summed E-state index contributed by atoms with van der Waals surface area (Å²) < 4.78 is 0. The van der Waals surface area contributed by atoms with E-state index >= 15 is 0 Å². The summed E-state index contributed by atoms with van der Waals surface area (Å²) in [4.78, 5) is 23.7. The summed E-state index contributed by atoms with van der Waals surface area (Å²) in [5.41, 5.74) is 6.02. The molecule has 1 aliphatic rings. The van der Waals surface area contributed by atoms with Crippen molar-refractivity contribution in [3.8, 4) is 0 Å². The number of Topliss-reactive ketones (excluding diaryl/α,β-unsaturated/α-hetero) is 1. The van der Waals surface area contributed by atoms with Crippen molar-refractivity contribution in [2.45, 2.75) is 86.2 Å². The fourth-order valence-electron chi connectivity index (χ4n) is 3.37. The molecule has 30 heavy (non-hydrogen) atoms. The summed E-state index contributed by atoms with van der Waals surface area (Å²) >= 11 is 0. The van der Waals surface area contributed by atoms with Crippen LogP contribution in [0.4, 0.5) is 0 Å². The molecule has 0 aromatic carbocycles. The van der Waals surface area contributed by atoms with E-state index in [1.54, 1.807) is 6.92 Å². The molecule has 3 heteroatoms. The number of aliphatic hydroxyl groups is 1. The number of ketones is 2. The minimum Gasteiger partial charge on any atom is -0.389 e. The number of allylic oxidation sites excluding steroid dienone is 10. The first-order chi connectivity index (χ1) is 14.1. The number of hydrogen-bond acceptors (Lipinski definition) is 3. The van der Waals surface area contributed by atoms with Gasteiger partial charge in [0.1, 0.15) is 0 Å². The molecule has 0 spiro atoms. The third-order valence-electron chi connectivity index (χ3n) is 5.13. The van der Waals surface area contributed by atoms with Crippen molar-refractivity contribution >= 4 is 11.6 Å². The van der Waals surface area contributed by atoms with E-state index in [0.717, 1.165) is 25.7 Å². The van der Waals surface area contributed by atoms with Crippen molar-refractivity contribution in [3.63, 3.8) is 0 Å². The molecule has 0 aliphatic heterocycles. The Hall–Kier alpha value is -2.26. The average Bonchev–Trinajstić information content (AvgIpc) is 2.62. The van der Waals surface area contributed by atoms with Crippen molar-refractivity contribution < 1.29 is 14.7 Å². The van der Waals surface area contributed by atoms with Crippen molar-refractivity contribution in [2.75, 3.05) is 0 Å². The predicted molar refractivity (Wildman–Crippen MR) is 126 cm³/mol. The van der Waals surface area contributed by atoms with E-state index in [2.05, 4.69) is 46.8 Å². The summed E-state index contributed by atoms with van der Waals surface area (Å²) in [6.45, 7) is 12.1. The van der Waals surface area contributed by atoms with Crippen LogP contribution in [-0.2, 0) is 9.59 Å². The van der Waals surface area contributed by atoms with Crippen LogP contribution in [0, 0.1) is 0 Å². The summed E-state index contributed by atoms with van der Waals surface area (Å²) in [6.07, 6.45) is 15.7. The van der Waals surface area contributed by atoms with Crippen LogP contribution in [0.3, 0.4) is 0 Å². The molecule has 1 rings (SSSR count). The van der Waals surface area contributed by atoms with Crippen LogP contribution < -0.4 is 0 Å². The lowest BCUT2D eigenvalue weighted by atomic mass is 9.94. The van der Waals surface area contributed by atoms with Gasteiger partial charge in [0.05, 0.1) is 6.10 Å². The Morgan fingerprint density at radius 3 is 2.20 bits per heavy atom. The Labute approximate surface area is 182 Å². The van der Waals surface area contributed by atoms with Gasteiger partial charge in [-0.25, -0.2) is 0 Å². The second kappa shape index (κ2) is 13.1. The highest BCUT2D eigenvalue weighted by Gasteiger charge is 2.17. The fourth-order valence-corrected chi connectivity index (χ4v) is 3.37. The van der Waals surface area contributed by atoms with E-state index in [0.29, 0.717) is 24.0 Å². The zero-order valence-corrected chi connectivity index (χ0v) is 19.5. The molecule has 0 saturated carbocycles. The second-order valence-electron chi connectivity index (χ2n) is 8.68. The van der Waals surface area contributed by atoms with Crippen LogP contribution in [0.2, 0.25) is 0 Å². The third-order valence-corrected chi connectivity index (χ3v) is 5.13. The molecule has 0 heterocycles. The SMILES string of the molecule is CC(C)=CCC/C(C)=C/[C@H](O)C/C(C)=C/CC/C(C)=C/CC1=CC(=O)C=C(C)C1=O. The zero-order valence-electron chi connectivity index (χ0n) is 19.5. The first-order valence-electron chi connectivity index (χ1n) is 10.9. The smallest absolute Gasteiger partial charge is 0.185 e. The number of aliphatic hydroxyl groups excluding tert-OH is 1. The Kier molecular flexibility index (Phi) is 11.3. The number of hydrogen-bond donors (Lipinski definition) is 1. The number of carbonyl (C=O) groups is 2. The highest BCUT2D eigenvalue weighted by atomic mass is 16.3. The van der Waals surface area contributed by atoms with Crippen LogP contribution in [-0.4, -0.2) is 22.8 Å². The first kappa shape index (κ1) is 25.8. The topological polar surface area (TPSA) is 54.4 Å². The quantitative estimate of drug-likeness (QED) is 0.312. The van der Waals surface area contributed by atoms with Gasteiger partial charge in [0.2, 0.25) is 0 Å². The molecule has 0 bridgehead atoms. The summed E-state index contributed by atoms with van der Waals surface area (Å²) in [5, 5.41) is 10.3. The molecular weight excluding hydrogens is 372 g/mol. The molecule has 0 unspecified atom stereocenters. The van der Waals surface area contributed by atoms with Gasteiger partial charge in [-0.05, 0) is 92.2 Å². The molecule has 0 aromatic heterocycles. The van der Waals surface area contributed by atoms with Gasteiger partial charge < -0.3 is 5.11 Å². The van der Waals surface area contributed by atoms with E-state index in [-0.39, 0.29) is 11.6 Å². The Morgan fingerprint density at radius 1 is 0.900 bits per heavy atom. The number of rotatable bonds is 11. The normalized spacial score (nSPS) is 17.0. The summed E-state index contributed by atoms with van der Waals surface area (Å²) in [6, 6.07) is 0. The first-order valence-corrected chi connectivity index (χ1v) is 10.9. The van der Waals surface area contributed by atoms with Crippen LogP contribution in [0.25, 0.3) is 0 Å². The minimum absolute atomic E-state index is 0.0347. The van der Waals surface area contributed by atoms with E-state index in [4.69, 9.17) is 0 Å². The van der Waals surface area contributed by atoms with Gasteiger partial charge in [-0.2, -0.15) is 0 Å². The summed E-state index contributed by atoms with van der Waals surface area (Å²) in [7, 11) is 0. The lowest BCUT2D eigenvalue weighted by Crippen LogP contribution is -2.12. The Bertz CT molecular complexity index is 809. The van der Waals surface area contributed by atoms with Crippen LogP contribution >= 0.6 is 0 Å². The highest BCUT2D eigenvalue weighted by Crippen LogP contribution is 2.18. The molecule has 0 aromatic rings. The largest absolute Gasteiger partial charge is 0.389 e. The average molecular weight is 411 g/mol. The molecule has 0 fully saturated rings. The monoisotopic (exact) mass is 410 g/mol. The van der Waals surface area contributed by atoms with Gasteiger partial charge in [-0.1, -0.05) is 46.6 Å². The van der Waals surface area contributed by atoms with Gasteiger partial charge in [-0.15, -0.1) is 0 Å². The Morgan fingerprint density at radius 2 is 1.53 bits per heavy atom. The second-order valence-corrected chi connectivity index (χ2v) is 8.68. The lowest BCUT2D eigenvalue weighted by Gasteiger charge is -2.10. The van der Waals surface area contributed by atoms with Gasteiger partial charge in [0.15, 0.2) is 11.6 Å². The van der Waals surface area contributed by atoms with Crippen molar-refractivity contribution in [1.29, 1.82) is 0 Å². The maximum Gasteiger partial charge on any atom is 0.185 e. The molecule has 164 valence electrons. The lowest BCUT2D eigenvalue weighted by molar-refractivity contribution is -0.115. The molecule has 0 radical (unpaired) electrons. The van der Waals surface area contributed by atoms with Crippen molar-refractivity contribution in [2.24, 2.45) is 0 Å². The molecule has 0 saturated heterocycles. The number of carbonyl (C=O) groups excluding carboxylic acids is 2. The van der Waals surface area contributed by atoms with E-state index in [1.165, 1.54) is 34.4 Å². The van der Waals surface area contributed by atoms with Gasteiger partial charge in [0.25, 0.3) is 0 Å². The van der Waals surface area contributed by atoms with Gasteiger partial charge >= 0.3 is 0 Å². The highest BCUT2D eigenvalue weighted by molar-refractivity contribution is 6.20. The van der Waals surface area contributed by atoms with Crippen molar-refractivity contribution in [3.05, 3.63) is 69.9 Å². The van der Waals surface area contributed by atoms with Gasteiger partial charge in [0, 0.05) is 11.1 Å². The predicted octanol–water partition coefficient (Wildman–Crippen LogP) is 6.52.